The summed E-state index contributed by atoms with van der Waals surface area (Å²) in [6, 6.07) is 0. The van der Waals surface area contributed by atoms with Gasteiger partial charge in [0.15, 0.2) is 0 Å². The highest BCUT2D eigenvalue weighted by Gasteiger charge is 1.90. The highest BCUT2D eigenvalue weighted by molar-refractivity contribution is 7.09. The number of rotatable bonds is 11. The van der Waals surface area contributed by atoms with Crippen molar-refractivity contribution in [1.29, 1.82) is 0 Å². The Morgan fingerprint density at radius 3 is 2.21 bits per heavy atom. The van der Waals surface area contributed by atoms with Gasteiger partial charge in [0, 0.05) is 22.7 Å². The molecule has 0 rings (SSSR count). The third kappa shape index (κ3) is 12.1. The molecule has 0 heterocycles. The van der Waals surface area contributed by atoms with E-state index in [2.05, 4.69) is 16.0 Å². The van der Waals surface area contributed by atoms with Crippen molar-refractivity contribution in [3.8, 4) is 0 Å². The number of ether oxygens (including phenoxy) is 1. The Hall–Kier alpha value is 0.0900. The average Bonchev–Trinajstić information content (AvgIpc) is 2.21. The quantitative estimate of drug-likeness (QED) is 0.301. The molecule has 1 unspecified atom stereocenters. The zero-order chi connectivity index (χ0) is 10.5. The molecule has 0 bridgehead atoms. The fourth-order valence-electron chi connectivity index (χ4n) is 1.17. The van der Waals surface area contributed by atoms with Crippen LogP contribution in [-0.2, 0) is 9.26 Å². The van der Waals surface area contributed by atoms with Crippen LogP contribution in [-0.4, -0.2) is 19.8 Å². The van der Waals surface area contributed by atoms with Crippen LogP contribution in [0.5, 0.6) is 0 Å². The fraction of sp³-hybridized carbons (Fsp3) is 0.818. The average molecular weight is 218 g/mol. The van der Waals surface area contributed by atoms with E-state index >= 15 is 0 Å². The van der Waals surface area contributed by atoms with Crippen molar-refractivity contribution in [3.63, 3.8) is 0 Å². The molecule has 0 aromatic rings. The number of unbranched alkanes of at least 4 members (excludes halogenated alkanes) is 4. The molecule has 3 heteroatoms. The Kier molecular flexibility index (Phi) is 13.2. The van der Waals surface area contributed by atoms with Gasteiger partial charge in [0.2, 0.25) is 0 Å². The summed E-state index contributed by atoms with van der Waals surface area (Å²) in [5.74, 6) is 0. The van der Waals surface area contributed by atoms with Crippen molar-refractivity contribution in [2.75, 3.05) is 19.8 Å². The smallest absolute Gasteiger partial charge is 0.0501 e. The summed E-state index contributed by atoms with van der Waals surface area (Å²) in [4.78, 5) is 0. The van der Waals surface area contributed by atoms with Gasteiger partial charge >= 0.3 is 0 Å². The largest absolute Gasteiger partial charge is 0.381 e. The SMILES string of the molecule is C=CCCCOCCCCCCOP. The van der Waals surface area contributed by atoms with Gasteiger partial charge in [-0.2, -0.15) is 0 Å². The summed E-state index contributed by atoms with van der Waals surface area (Å²) in [6.07, 6.45) is 8.91. The Labute approximate surface area is 90.3 Å². The number of hydrogen-bond acceptors (Lipinski definition) is 2. The first-order valence-electron chi connectivity index (χ1n) is 5.42. The van der Waals surface area contributed by atoms with Crippen molar-refractivity contribution < 1.29 is 9.26 Å². The van der Waals surface area contributed by atoms with Gasteiger partial charge in [-0.25, -0.2) is 0 Å². The maximum absolute atomic E-state index is 5.46. The summed E-state index contributed by atoms with van der Waals surface area (Å²) in [6.45, 7) is 6.30. The van der Waals surface area contributed by atoms with Crippen LogP contribution in [0.15, 0.2) is 12.7 Å². The van der Waals surface area contributed by atoms with Crippen molar-refractivity contribution in [3.05, 3.63) is 12.7 Å². The number of hydrogen-bond donors (Lipinski definition) is 0. The first kappa shape index (κ1) is 14.1. The van der Waals surface area contributed by atoms with E-state index in [9.17, 15) is 0 Å². The van der Waals surface area contributed by atoms with Gasteiger partial charge in [0.1, 0.15) is 0 Å². The Balaban J connectivity index is 2.81. The second-order valence-electron chi connectivity index (χ2n) is 3.33. The van der Waals surface area contributed by atoms with Crippen molar-refractivity contribution >= 4 is 9.47 Å². The monoisotopic (exact) mass is 218 g/mol. The van der Waals surface area contributed by atoms with E-state index in [-0.39, 0.29) is 0 Å². The van der Waals surface area contributed by atoms with Crippen LogP contribution < -0.4 is 0 Å². The van der Waals surface area contributed by atoms with E-state index in [1.54, 1.807) is 0 Å². The molecule has 14 heavy (non-hydrogen) atoms. The second-order valence-corrected chi connectivity index (χ2v) is 3.66. The third-order valence-corrected chi connectivity index (χ3v) is 2.23. The van der Waals surface area contributed by atoms with Crippen LogP contribution in [0.2, 0.25) is 0 Å². The minimum absolute atomic E-state index is 0.852. The molecule has 0 aliphatic rings. The van der Waals surface area contributed by atoms with Gasteiger partial charge < -0.3 is 9.26 Å². The maximum Gasteiger partial charge on any atom is 0.0501 e. The molecule has 0 aliphatic carbocycles. The van der Waals surface area contributed by atoms with E-state index in [1.165, 1.54) is 19.3 Å². The van der Waals surface area contributed by atoms with Crippen LogP contribution in [0.3, 0.4) is 0 Å². The fourth-order valence-corrected chi connectivity index (χ4v) is 1.34. The maximum atomic E-state index is 5.46. The van der Waals surface area contributed by atoms with Crippen LogP contribution in [0.25, 0.3) is 0 Å². The normalized spacial score (nSPS) is 10.4. The zero-order valence-electron chi connectivity index (χ0n) is 9.04. The van der Waals surface area contributed by atoms with E-state index < -0.39 is 0 Å². The molecule has 0 radical (unpaired) electrons. The molecule has 2 nitrogen and oxygen atoms in total. The lowest BCUT2D eigenvalue weighted by Crippen LogP contribution is -1.96. The molecule has 0 fully saturated rings. The lowest BCUT2D eigenvalue weighted by Gasteiger charge is -2.03. The molecule has 0 aliphatic heterocycles. The van der Waals surface area contributed by atoms with Crippen molar-refractivity contribution in [2.45, 2.75) is 38.5 Å². The van der Waals surface area contributed by atoms with Crippen LogP contribution in [0.4, 0.5) is 0 Å². The van der Waals surface area contributed by atoms with Gasteiger partial charge in [-0.05, 0) is 25.7 Å². The Morgan fingerprint density at radius 2 is 1.57 bits per heavy atom. The Bertz CT molecular complexity index is 118. The van der Waals surface area contributed by atoms with Gasteiger partial charge in [0.05, 0.1) is 6.61 Å². The number of allylic oxidation sites excluding steroid dienone is 1. The lowest BCUT2D eigenvalue weighted by molar-refractivity contribution is 0.128. The highest BCUT2D eigenvalue weighted by atomic mass is 31.0. The predicted molar refractivity (Wildman–Crippen MR) is 64.4 cm³/mol. The summed E-state index contributed by atoms with van der Waals surface area (Å²) >= 11 is 0. The molecule has 1 atom stereocenters. The summed E-state index contributed by atoms with van der Waals surface area (Å²) < 4.78 is 10.3. The van der Waals surface area contributed by atoms with Crippen molar-refractivity contribution in [1.82, 2.24) is 0 Å². The molecule has 0 saturated heterocycles. The minimum atomic E-state index is 0.852. The molecule has 0 saturated carbocycles. The van der Waals surface area contributed by atoms with Gasteiger partial charge in [-0.15, -0.1) is 6.58 Å². The topological polar surface area (TPSA) is 18.5 Å². The minimum Gasteiger partial charge on any atom is -0.381 e. The van der Waals surface area contributed by atoms with Crippen molar-refractivity contribution in [2.24, 2.45) is 0 Å². The van der Waals surface area contributed by atoms with E-state index in [4.69, 9.17) is 9.26 Å². The molecular weight excluding hydrogens is 195 g/mol. The summed E-state index contributed by atoms with van der Waals surface area (Å²) in [7, 11) is 2.28. The van der Waals surface area contributed by atoms with Crippen LogP contribution in [0.1, 0.15) is 38.5 Å². The molecule has 0 N–H and O–H groups in total. The van der Waals surface area contributed by atoms with Crippen LogP contribution in [0, 0.1) is 0 Å². The molecule has 84 valence electrons. The second kappa shape index (κ2) is 13.1. The molecule has 0 spiro atoms. The van der Waals surface area contributed by atoms with E-state index in [0.29, 0.717) is 0 Å². The molecular formula is C11H23O2P. The molecule has 0 aromatic heterocycles. The predicted octanol–water partition coefficient (Wildman–Crippen LogP) is 3.34. The van der Waals surface area contributed by atoms with E-state index in [1.807, 2.05) is 6.08 Å². The highest BCUT2D eigenvalue weighted by Crippen LogP contribution is 2.02. The van der Waals surface area contributed by atoms with Gasteiger partial charge in [-0.3, -0.25) is 0 Å². The lowest BCUT2D eigenvalue weighted by atomic mass is 10.2. The first-order valence-corrected chi connectivity index (χ1v) is 5.89. The van der Waals surface area contributed by atoms with E-state index in [0.717, 1.165) is 39.1 Å². The standard InChI is InChI=1S/C11H23O2P/c1-2-3-6-9-12-10-7-4-5-8-11-13-14/h2H,1,3-11,14H2. The molecule has 0 amide bonds. The summed E-state index contributed by atoms with van der Waals surface area (Å²) in [5, 5.41) is 0. The Morgan fingerprint density at radius 1 is 0.929 bits per heavy atom. The first-order chi connectivity index (χ1) is 6.91. The molecule has 0 aromatic carbocycles. The van der Waals surface area contributed by atoms with Crippen LogP contribution >= 0.6 is 9.47 Å². The van der Waals surface area contributed by atoms with Gasteiger partial charge in [-0.1, -0.05) is 18.9 Å². The zero-order valence-corrected chi connectivity index (χ0v) is 10.2. The van der Waals surface area contributed by atoms with Gasteiger partial charge in [0.25, 0.3) is 0 Å². The summed E-state index contributed by atoms with van der Waals surface area (Å²) in [5.41, 5.74) is 0. The third-order valence-electron chi connectivity index (χ3n) is 2.00.